The van der Waals surface area contributed by atoms with Crippen LogP contribution in [0, 0.1) is 0 Å². The maximum absolute atomic E-state index is 3.63. The summed E-state index contributed by atoms with van der Waals surface area (Å²) in [6.45, 7) is 3.46. The van der Waals surface area contributed by atoms with Gasteiger partial charge in [0.2, 0.25) is 0 Å². The van der Waals surface area contributed by atoms with Crippen molar-refractivity contribution in [2.45, 2.75) is 23.8 Å². The zero-order valence-electron chi connectivity index (χ0n) is 9.61. The maximum atomic E-state index is 3.63. The first kappa shape index (κ1) is 12.0. The molecular formula is C13H20N2S. The largest absolute Gasteiger partial charge is 0.317 e. The zero-order valence-corrected chi connectivity index (χ0v) is 10.4. The Balaban J connectivity index is 1.58. The molecular weight excluding hydrogens is 216 g/mol. The lowest BCUT2D eigenvalue weighted by Gasteiger charge is -2.23. The van der Waals surface area contributed by atoms with Crippen LogP contribution in [0.4, 0.5) is 0 Å². The van der Waals surface area contributed by atoms with Crippen LogP contribution in [0.3, 0.4) is 0 Å². The highest BCUT2D eigenvalue weighted by Gasteiger charge is 2.10. The summed E-state index contributed by atoms with van der Waals surface area (Å²) in [5.74, 6) is 1.16. The topological polar surface area (TPSA) is 24.1 Å². The Hall–Kier alpha value is -0.510. The van der Waals surface area contributed by atoms with Gasteiger partial charge in [-0.3, -0.25) is 0 Å². The molecule has 0 amide bonds. The fourth-order valence-electron chi connectivity index (χ4n) is 1.97. The number of hydrogen-bond acceptors (Lipinski definition) is 3. The average Bonchev–Trinajstić information content (AvgIpc) is 2.37. The summed E-state index contributed by atoms with van der Waals surface area (Å²) in [5, 5.41) is 7.02. The van der Waals surface area contributed by atoms with Crippen molar-refractivity contribution in [3.05, 3.63) is 30.3 Å². The van der Waals surface area contributed by atoms with Crippen LogP contribution in [0.25, 0.3) is 0 Å². The molecule has 0 atom stereocenters. The van der Waals surface area contributed by atoms with E-state index in [1.807, 2.05) is 11.8 Å². The summed E-state index contributed by atoms with van der Waals surface area (Å²) >= 11 is 1.93. The van der Waals surface area contributed by atoms with Crippen LogP contribution in [0.5, 0.6) is 0 Å². The molecule has 1 saturated heterocycles. The summed E-state index contributed by atoms with van der Waals surface area (Å²) in [7, 11) is 0. The molecule has 0 unspecified atom stereocenters. The van der Waals surface area contributed by atoms with Crippen LogP contribution >= 0.6 is 11.8 Å². The molecule has 1 aliphatic heterocycles. The number of rotatable bonds is 5. The van der Waals surface area contributed by atoms with Gasteiger partial charge in [-0.2, -0.15) is 0 Å². The molecule has 88 valence electrons. The molecule has 0 aromatic heterocycles. The van der Waals surface area contributed by atoms with Gasteiger partial charge in [0.05, 0.1) is 0 Å². The maximum Gasteiger partial charge on any atom is 0.0106 e. The van der Waals surface area contributed by atoms with Gasteiger partial charge in [-0.15, -0.1) is 11.8 Å². The first-order valence-corrected chi connectivity index (χ1v) is 7.05. The summed E-state index contributed by atoms with van der Waals surface area (Å²) < 4.78 is 0. The van der Waals surface area contributed by atoms with Gasteiger partial charge in [-0.25, -0.2) is 0 Å². The highest BCUT2D eigenvalue weighted by Crippen LogP contribution is 2.16. The van der Waals surface area contributed by atoms with Crippen molar-refractivity contribution >= 4 is 11.8 Å². The van der Waals surface area contributed by atoms with E-state index in [2.05, 4.69) is 41.0 Å². The minimum atomic E-state index is 0.734. The molecule has 16 heavy (non-hydrogen) atoms. The second-order valence-corrected chi connectivity index (χ2v) is 5.31. The van der Waals surface area contributed by atoms with Crippen molar-refractivity contribution < 1.29 is 0 Å². The van der Waals surface area contributed by atoms with E-state index in [0.717, 1.165) is 18.3 Å². The smallest absolute Gasteiger partial charge is 0.0106 e. The molecule has 0 radical (unpaired) electrons. The monoisotopic (exact) mass is 236 g/mol. The predicted molar refractivity (Wildman–Crippen MR) is 71.1 cm³/mol. The third-order valence-corrected chi connectivity index (χ3v) is 3.90. The average molecular weight is 236 g/mol. The highest BCUT2D eigenvalue weighted by molar-refractivity contribution is 7.99. The molecule has 1 aromatic rings. The third kappa shape index (κ3) is 4.16. The van der Waals surface area contributed by atoms with E-state index in [0.29, 0.717) is 0 Å². The molecule has 1 heterocycles. The molecule has 2 nitrogen and oxygen atoms in total. The van der Waals surface area contributed by atoms with Gasteiger partial charge < -0.3 is 10.6 Å². The first-order chi connectivity index (χ1) is 7.95. The van der Waals surface area contributed by atoms with E-state index < -0.39 is 0 Å². The van der Waals surface area contributed by atoms with Gasteiger partial charge in [0.15, 0.2) is 0 Å². The standard InChI is InChI=1S/C13H20N2S/c1-2-4-13(5-3-1)16-11-10-15-12-6-8-14-9-7-12/h1-5,12,14-15H,6-11H2. The van der Waals surface area contributed by atoms with E-state index in [4.69, 9.17) is 0 Å². The summed E-state index contributed by atoms with van der Waals surface area (Å²) in [6.07, 6.45) is 2.55. The minimum absolute atomic E-state index is 0.734. The Morgan fingerprint density at radius 1 is 1.19 bits per heavy atom. The lowest BCUT2D eigenvalue weighted by Crippen LogP contribution is -2.40. The van der Waals surface area contributed by atoms with Crippen LogP contribution < -0.4 is 10.6 Å². The molecule has 0 aliphatic carbocycles. The Morgan fingerprint density at radius 3 is 2.69 bits per heavy atom. The zero-order chi connectivity index (χ0) is 11.1. The van der Waals surface area contributed by atoms with E-state index in [1.54, 1.807) is 0 Å². The molecule has 2 N–H and O–H groups in total. The van der Waals surface area contributed by atoms with Gasteiger partial charge in [0, 0.05) is 23.2 Å². The van der Waals surface area contributed by atoms with E-state index in [9.17, 15) is 0 Å². The van der Waals surface area contributed by atoms with Crippen molar-refractivity contribution in [1.29, 1.82) is 0 Å². The van der Waals surface area contributed by atoms with Crippen LogP contribution in [0.15, 0.2) is 35.2 Å². The van der Waals surface area contributed by atoms with Crippen molar-refractivity contribution in [2.24, 2.45) is 0 Å². The molecule has 0 bridgehead atoms. The molecule has 1 aromatic carbocycles. The third-order valence-electron chi connectivity index (χ3n) is 2.89. The molecule has 0 spiro atoms. The number of hydrogen-bond donors (Lipinski definition) is 2. The summed E-state index contributed by atoms with van der Waals surface area (Å²) in [4.78, 5) is 1.37. The summed E-state index contributed by atoms with van der Waals surface area (Å²) in [5.41, 5.74) is 0. The highest BCUT2D eigenvalue weighted by atomic mass is 32.2. The minimum Gasteiger partial charge on any atom is -0.317 e. The van der Waals surface area contributed by atoms with Crippen molar-refractivity contribution in [3.63, 3.8) is 0 Å². The number of thioether (sulfide) groups is 1. The van der Waals surface area contributed by atoms with Crippen LogP contribution in [0.1, 0.15) is 12.8 Å². The van der Waals surface area contributed by atoms with Crippen molar-refractivity contribution in [1.82, 2.24) is 10.6 Å². The van der Waals surface area contributed by atoms with Crippen molar-refractivity contribution in [3.8, 4) is 0 Å². The van der Waals surface area contributed by atoms with Crippen molar-refractivity contribution in [2.75, 3.05) is 25.4 Å². The summed E-state index contributed by atoms with van der Waals surface area (Å²) in [6, 6.07) is 11.4. The van der Waals surface area contributed by atoms with Crippen LogP contribution in [-0.4, -0.2) is 31.4 Å². The van der Waals surface area contributed by atoms with Gasteiger partial charge in [-0.1, -0.05) is 18.2 Å². The van der Waals surface area contributed by atoms with Gasteiger partial charge in [0.25, 0.3) is 0 Å². The second-order valence-electron chi connectivity index (χ2n) is 4.14. The Morgan fingerprint density at radius 2 is 1.94 bits per heavy atom. The van der Waals surface area contributed by atoms with Gasteiger partial charge >= 0.3 is 0 Å². The first-order valence-electron chi connectivity index (χ1n) is 6.07. The Kier molecular flexibility index (Phi) is 5.19. The number of benzene rings is 1. The fourth-order valence-corrected chi connectivity index (χ4v) is 2.78. The molecule has 2 rings (SSSR count). The van der Waals surface area contributed by atoms with Gasteiger partial charge in [0.1, 0.15) is 0 Å². The normalized spacial score (nSPS) is 17.5. The van der Waals surface area contributed by atoms with Crippen LogP contribution in [0.2, 0.25) is 0 Å². The molecule has 1 fully saturated rings. The number of nitrogens with one attached hydrogen (secondary N) is 2. The van der Waals surface area contributed by atoms with Gasteiger partial charge in [-0.05, 0) is 38.1 Å². The van der Waals surface area contributed by atoms with E-state index >= 15 is 0 Å². The second kappa shape index (κ2) is 6.94. The predicted octanol–water partition coefficient (Wildman–Crippen LogP) is 2.12. The fraction of sp³-hybridized carbons (Fsp3) is 0.538. The molecule has 3 heteroatoms. The molecule has 1 aliphatic rings. The Labute approximate surface area is 102 Å². The Bertz CT molecular complexity index is 283. The van der Waals surface area contributed by atoms with Crippen LogP contribution in [-0.2, 0) is 0 Å². The lowest BCUT2D eigenvalue weighted by molar-refractivity contribution is 0.395. The SMILES string of the molecule is c1ccc(SCCNC2CCNCC2)cc1. The molecule has 0 saturated carbocycles. The van der Waals surface area contributed by atoms with E-state index in [-0.39, 0.29) is 0 Å². The quantitative estimate of drug-likeness (QED) is 0.605. The lowest BCUT2D eigenvalue weighted by atomic mass is 10.1. The number of piperidine rings is 1. The van der Waals surface area contributed by atoms with E-state index in [1.165, 1.54) is 30.8 Å².